The first-order chi connectivity index (χ1) is 14.0. The summed E-state index contributed by atoms with van der Waals surface area (Å²) < 4.78 is 1.78. The van der Waals surface area contributed by atoms with Gasteiger partial charge in [-0.2, -0.15) is 0 Å². The second kappa shape index (κ2) is 7.86. The molecule has 0 radical (unpaired) electrons. The summed E-state index contributed by atoms with van der Waals surface area (Å²) in [6.45, 7) is 5.89. The number of nitrogens with zero attached hydrogens (tertiary/aromatic N) is 1. The molecule has 1 aromatic heterocycles. The van der Waals surface area contributed by atoms with Gasteiger partial charge >= 0.3 is 0 Å². The number of carbonyl (C=O) groups is 2. The molecule has 1 amide bonds. The average Bonchev–Trinajstić information content (AvgIpc) is 3.03. The highest BCUT2D eigenvalue weighted by atomic mass is 16.2. The third-order valence-corrected chi connectivity index (χ3v) is 6.13. The molecule has 29 heavy (non-hydrogen) atoms. The Labute approximate surface area is 171 Å². The minimum Gasteiger partial charge on any atom is -0.326 e. The Kier molecular flexibility index (Phi) is 5.27. The highest BCUT2D eigenvalue weighted by molar-refractivity contribution is 6.05. The Morgan fingerprint density at radius 2 is 1.62 bits per heavy atom. The molecular weight excluding hydrogens is 360 g/mol. The van der Waals surface area contributed by atoms with E-state index in [2.05, 4.69) is 5.32 Å². The molecule has 0 bridgehead atoms. The molecule has 150 valence electrons. The molecule has 0 unspecified atom stereocenters. The summed E-state index contributed by atoms with van der Waals surface area (Å²) in [6.07, 6.45) is 5.47. The summed E-state index contributed by atoms with van der Waals surface area (Å²) >= 11 is 0. The van der Waals surface area contributed by atoms with Gasteiger partial charge in [0.25, 0.3) is 5.91 Å². The molecular formula is C25H28N2O2. The van der Waals surface area contributed by atoms with Crippen LogP contribution in [0.25, 0.3) is 10.9 Å². The second-order valence-corrected chi connectivity index (χ2v) is 8.29. The molecule has 0 atom stereocenters. The zero-order valence-corrected chi connectivity index (χ0v) is 17.4. The van der Waals surface area contributed by atoms with Gasteiger partial charge in [-0.1, -0.05) is 37.5 Å². The van der Waals surface area contributed by atoms with Crippen molar-refractivity contribution in [3.05, 3.63) is 64.8 Å². The van der Waals surface area contributed by atoms with E-state index in [0.717, 1.165) is 64.7 Å². The normalized spacial score (nSPS) is 14.9. The second-order valence-electron chi connectivity index (χ2n) is 8.29. The molecule has 1 fully saturated rings. The van der Waals surface area contributed by atoms with Gasteiger partial charge in [0.15, 0.2) is 0 Å². The number of carbonyl (C=O) groups excluding carboxylic acids is 2. The number of fused-ring (bicyclic) bond motifs is 1. The highest BCUT2D eigenvalue weighted by Gasteiger charge is 2.22. The van der Waals surface area contributed by atoms with E-state index in [0.29, 0.717) is 0 Å². The number of benzene rings is 2. The fraction of sp³-hybridized carbons (Fsp3) is 0.360. The fourth-order valence-electron chi connectivity index (χ4n) is 4.57. The van der Waals surface area contributed by atoms with Crippen LogP contribution >= 0.6 is 0 Å². The van der Waals surface area contributed by atoms with Crippen molar-refractivity contribution >= 4 is 28.4 Å². The van der Waals surface area contributed by atoms with Crippen molar-refractivity contribution in [1.82, 2.24) is 4.57 Å². The molecule has 1 aliphatic rings. The lowest BCUT2D eigenvalue weighted by atomic mass is 9.88. The number of hydrogen-bond acceptors (Lipinski definition) is 2. The molecule has 0 saturated heterocycles. The van der Waals surface area contributed by atoms with Crippen molar-refractivity contribution in [2.75, 3.05) is 5.32 Å². The van der Waals surface area contributed by atoms with E-state index in [-0.39, 0.29) is 17.7 Å². The molecule has 1 N–H and O–H groups in total. The molecule has 1 aliphatic carbocycles. The van der Waals surface area contributed by atoms with Crippen molar-refractivity contribution in [3.8, 4) is 0 Å². The van der Waals surface area contributed by atoms with Gasteiger partial charge in [0.2, 0.25) is 5.91 Å². The van der Waals surface area contributed by atoms with E-state index in [1.807, 2.05) is 63.2 Å². The Bertz CT molecular complexity index is 1070. The first kappa shape index (κ1) is 19.4. The fourth-order valence-corrected chi connectivity index (χ4v) is 4.57. The van der Waals surface area contributed by atoms with Gasteiger partial charge < -0.3 is 5.32 Å². The number of aryl methyl sites for hydroxylation is 3. The van der Waals surface area contributed by atoms with Gasteiger partial charge in [0.1, 0.15) is 0 Å². The Hall–Kier alpha value is -2.88. The number of anilines is 1. The van der Waals surface area contributed by atoms with Gasteiger partial charge in [-0.3, -0.25) is 14.2 Å². The summed E-state index contributed by atoms with van der Waals surface area (Å²) in [5.41, 5.74) is 5.27. The summed E-state index contributed by atoms with van der Waals surface area (Å²) in [5.74, 6) is 0.232. The topological polar surface area (TPSA) is 51.1 Å². The minimum atomic E-state index is -0.00732. The van der Waals surface area contributed by atoms with Crippen LogP contribution in [0.15, 0.2) is 42.5 Å². The summed E-state index contributed by atoms with van der Waals surface area (Å²) in [6, 6.07) is 13.7. The molecule has 4 heteroatoms. The van der Waals surface area contributed by atoms with Crippen LogP contribution in [0.4, 0.5) is 5.69 Å². The van der Waals surface area contributed by atoms with Crippen LogP contribution in [0.5, 0.6) is 0 Å². The Morgan fingerprint density at radius 1 is 0.931 bits per heavy atom. The van der Waals surface area contributed by atoms with Crippen molar-refractivity contribution in [2.24, 2.45) is 5.92 Å². The molecule has 0 spiro atoms. The number of rotatable bonds is 3. The number of aromatic nitrogens is 1. The largest absolute Gasteiger partial charge is 0.326 e. The van der Waals surface area contributed by atoms with Gasteiger partial charge in [-0.05, 0) is 69.0 Å². The van der Waals surface area contributed by atoms with Crippen molar-refractivity contribution in [1.29, 1.82) is 0 Å². The lowest BCUT2D eigenvalue weighted by molar-refractivity contribution is -0.120. The highest BCUT2D eigenvalue weighted by Crippen LogP contribution is 2.28. The molecule has 1 heterocycles. The van der Waals surface area contributed by atoms with Crippen LogP contribution in [0, 0.1) is 26.7 Å². The lowest BCUT2D eigenvalue weighted by Gasteiger charge is -2.20. The molecule has 2 aromatic carbocycles. The molecule has 4 nitrogen and oxygen atoms in total. The average molecular weight is 389 g/mol. The SMILES string of the molecule is Cc1cccc(C)c1C(=O)n1c(C)cc2cc(NC(=O)C3CCCCC3)ccc21. The number of amides is 1. The van der Waals surface area contributed by atoms with E-state index >= 15 is 0 Å². The maximum Gasteiger partial charge on any atom is 0.263 e. The third kappa shape index (κ3) is 3.71. The molecule has 1 saturated carbocycles. The van der Waals surface area contributed by atoms with E-state index in [1.54, 1.807) is 4.57 Å². The molecule has 3 aromatic rings. The third-order valence-electron chi connectivity index (χ3n) is 6.13. The quantitative estimate of drug-likeness (QED) is 0.619. The zero-order valence-electron chi connectivity index (χ0n) is 17.4. The van der Waals surface area contributed by atoms with Crippen LogP contribution < -0.4 is 5.32 Å². The summed E-state index contributed by atoms with van der Waals surface area (Å²) in [7, 11) is 0. The van der Waals surface area contributed by atoms with E-state index in [4.69, 9.17) is 0 Å². The lowest BCUT2D eigenvalue weighted by Crippen LogP contribution is -2.24. The maximum absolute atomic E-state index is 13.3. The number of hydrogen-bond donors (Lipinski definition) is 1. The van der Waals surface area contributed by atoms with Gasteiger partial charge in [0, 0.05) is 28.2 Å². The first-order valence-electron chi connectivity index (χ1n) is 10.5. The van der Waals surface area contributed by atoms with Crippen LogP contribution in [-0.2, 0) is 4.79 Å². The van der Waals surface area contributed by atoms with Crippen molar-refractivity contribution in [3.63, 3.8) is 0 Å². The van der Waals surface area contributed by atoms with Crippen molar-refractivity contribution < 1.29 is 9.59 Å². The maximum atomic E-state index is 13.3. The van der Waals surface area contributed by atoms with E-state index in [9.17, 15) is 9.59 Å². The van der Waals surface area contributed by atoms with Crippen LogP contribution in [0.3, 0.4) is 0 Å². The monoisotopic (exact) mass is 388 g/mol. The standard InChI is InChI=1S/C25H28N2O2/c1-16-8-7-9-17(2)23(16)25(29)27-18(3)14-20-15-21(12-13-22(20)27)26-24(28)19-10-5-4-6-11-19/h7-9,12-15,19H,4-6,10-11H2,1-3H3,(H,26,28). The van der Waals surface area contributed by atoms with E-state index in [1.165, 1.54) is 6.42 Å². The van der Waals surface area contributed by atoms with Crippen LogP contribution in [-0.4, -0.2) is 16.4 Å². The van der Waals surface area contributed by atoms with Gasteiger partial charge in [-0.15, -0.1) is 0 Å². The van der Waals surface area contributed by atoms with Crippen LogP contribution in [0.2, 0.25) is 0 Å². The summed E-state index contributed by atoms with van der Waals surface area (Å²) in [5, 5.41) is 4.04. The Morgan fingerprint density at radius 3 is 2.31 bits per heavy atom. The Balaban J connectivity index is 1.65. The first-order valence-corrected chi connectivity index (χ1v) is 10.5. The smallest absolute Gasteiger partial charge is 0.263 e. The van der Waals surface area contributed by atoms with E-state index < -0.39 is 0 Å². The molecule has 4 rings (SSSR count). The predicted octanol–water partition coefficient (Wildman–Crippen LogP) is 5.77. The zero-order chi connectivity index (χ0) is 20.5. The van der Waals surface area contributed by atoms with Crippen molar-refractivity contribution in [2.45, 2.75) is 52.9 Å². The van der Waals surface area contributed by atoms with Gasteiger partial charge in [-0.25, -0.2) is 0 Å². The molecule has 0 aliphatic heterocycles. The van der Waals surface area contributed by atoms with Crippen LogP contribution in [0.1, 0.15) is 59.3 Å². The van der Waals surface area contributed by atoms with Gasteiger partial charge in [0.05, 0.1) is 5.52 Å². The summed E-state index contributed by atoms with van der Waals surface area (Å²) in [4.78, 5) is 25.9. The minimum absolute atomic E-state index is 0.00732. The number of nitrogens with one attached hydrogen (secondary N) is 1. The predicted molar refractivity (Wildman–Crippen MR) is 118 cm³/mol.